The SMILES string of the molecule is CC(C)COC(=O)Cc1cc(-c2ccncc2)cc([N+](=O)[O-])c1. The molecular formula is C17H18N2O4. The molecule has 0 saturated carbocycles. The number of rotatable bonds is 6. The Morgan fingerprint density at radius 1 is 1.22 bits per heavy atom. The second-order valence-electron chi connectivity index (χ2n) is 5.63. The van der Waals surface area contributed by atoms with E-state index in [0.29, 0.717) is 17.7 Å². The van der Waals surface area contributed by atoms with Crippen LogP contribution in [-0.2, 0) is 16.0 Å². The predicted octanol–water partition coefficient (Wildman–Crippen LogP) is 3.40. The number of pyridine rings is 1. The summed E-state index contributed by atoms with van der Waals surface area (Å²) in [5.41, 5.74) is 1.99. The lowest BCUT2D eigenvalue weighted by atomic mass is 10.0. The van der Waals surface area contributed by atoms with E-state index in [-0.39, 0.29) is 24.0 Å². The van der Waals surface area contributed by atoms with Crippen molar-refractivity contribution in [1.82, 2.24) is 4.98 Å². The summed E-state index contributed by atoms with van der Waals surface area (Å²) >= 11 is 0. The Morgan fingerprint density at radius 2 is 1.91 bits per heavy atom. The van der Waals surface area contributed by atoms with E-state index < -0.39 is 4.92 Å². The lowest BCUT2D eigenvalue weighted by molar-refractivity contribution is -0.384. The van der Waals surface area contributed by atoms with Gasteiger partial charge >= 0.3 is 5.97 Å². The van der Waals surface area contributed by atoms with Crippen LogP contribution in [0.25, 0.3) is 11.1 Å². The number of aromatic nitrogens is 1. The molecule has 0 aliphatic rings. The van der Waals surface area contributed by atoms with Crippen molar-refractivity contribution in [3.8, 4) is 11.1 Å². The maximum Gasteiger partial charge on any atom is 0.310 e. The van der Waals surface area contributed by atoms with Gasteiger partial charge in [0.05, 0.1) is 18.0 Å². The molecule has 0 aliphatic carbocycles. The van der Waals surface area contributed by atoms with Gasteiger partial charge in [0, 0.05) is 24.5 Å². The normalized spacial score (nSPS) is 10.6. The van der Waals surface area contributed by atoms with Gasteiger partial charge in [0.25, 0.3) is 5.69 Å². The number of carbonyl (C=O) groups is 1. The summed E-state index contributed by atoms with van der Waals surface area (Å²) in [5, 5.41) is 11.1. The van der Waals surface area contributed by atoms with Crippen LogP contribution in [-0.4, -0.2) is 22.5 Å². The molecule has 0 amide bonds. The zero-order valence-electron chi connectivity index (χ0n) is 13.1. The molecule has 0 saturated heterocycles. The summed E-state index contributed by atoms with van der Waals surface area (Å²) in [5.74, 6) is -0.142. The fourth-order valence-electron chi connectivity index (χ4n) is 2.07. The fourth-order valence-corrected chi connectivity index (χ4v) is 2.07. The van der Waals surface area contributed by atoms with Gasteiger partial charge in [-0.3, -0.25) is 19.9 Å². The first-order chi connectivity index (χ1) is 11.0. The van der Waals surface area contributed by atoms with Gasteiger partial charge in [0.1, 0.15) is 0 Å². The molecule has 2 aromatic rings. The fraction of sp³-hybridized carbons (Fsp3) is 0.294. The topological polar surface area (TPSA) is 82.3 Å². The lowest BCUT2D eigenvalue weighted by Gasteiger charge is -2.08. The molecule has 0 N–H and O–H groups in total. The third kappa shape index (κ3) is 4.88. The molecule has 6 heteroatoms. The molecule has 1 aromatic carbocycles. The number of ether oxygens (including phenoxy) is 1. The Bertz CT molecular complexity index is 699. The second kappa shape index (κ2) is 7.49. The molecule has 2 rings (SSSR count). The van der Waals surface area contributed by atoms with Gasteiger partial charge in [0.15, 0.2) is 0 Å². The third-order valence-electron chi connectivity index (χ3n) is 3.13. The maximum absolute atomic E-state index is 11.8. The van der Waals surface area contributed by atoms with Crippen LogP contribution in [0.15, 0.2) is 42.7 Å². The quantitative estimate of drug-likeness (QED) is 0.463. The largest absolute Gasteiger partial charge is 0.465 e. The monoisotopic (exact) mass is 314 g/mol. The van der Waals surface area contributed by atoms with Gasteiger partial charge < -0.3 is 4.74 Å². The minimum Gasteiger partial charge on any atom is -0.465 e. The Morgan fingerprint density at radius 3 is 2.52 bits per heavy atom. The molecule has 0 unspecified atom stereocenters. The van der Waals surface area contributed by atoms with Crippen molar-refractivity contribution in [3.05, 3.63) is 58.4 Å². The summed E-state index contributed by atoms with van der Waals surface area (Å²) in [6, 6.07) is 8.18. The molecule has 0 bridgehead atoms. The van der Waals surface area contributed by atoms with Gasteiger partial charge in [-0.25, -0.2) is 0 Å². The highest BCUT2D eigenvalue weighted by atomic mass is 16.6. The standard InChI is InChI=1S/C17H18N2O4/c1-12(2)11-23-17(20)9-13-7-15(10-16(8-13)19(21)22)14-3-5-18-6-4-14/h3-8,10,12H,9,11H2,1-2H3. The number of non-ortho nitro benzene ring substituents is 1. The smallest absolute Gasteiger partial charge is 0.310 e. The maximum atomic E-state index is 11.8. The predicted molar refractivity (Wildman–Crippen MR) is 85.8 cm³/mol. The zero-order chi connectivity index (χ0) is 16.8. The van der Waals surface area contributed by atoms with E-state index >= 15 is 0 Å². The highest BCUT2D eigenvalue weighted by molar-refractivity contribution is 5.75. The molecule has 23 heavy (non-hydrogen) atoms. The van der Waals surface area contributed by atoms with Crippen molar-refractivity contribution in [1.29, 1.82) is 0 Å². The van der Waals surface area contributed by atoms with Crippen LogP contribution in [0.3, 0.4) is 0 Å². The second-order valence-corrected chi connectivity index (χ2v) is 5.63. The van der Waals surface area contributed by atoms with E-state index in [0.717, 1.165) is 5.56 Å². The van der Waals surface area contributed by atoms with Gasteiger partial charge in [0.2, 0.25) is 0 Å². The number of esters is 1. The lowest BCUT2D eigenvalue weighted by Crippen LogP contribution is -2.12. The van der Waals surface area contributed by atoms with Gasteiger partial charge in [-0.1, -0.05) is 19.9 Å². The van der Waals surface area contributed by atoms with Crippen molar-refractivity contribution >= 4 is 11.7 Å². The van der Waals surface area contributed by atoms with Crippen LogP contribution < -0.4 is 0 Å². The summed E-state index contributed by atoms with van der Waals surface area (Å²) in [7, 11) is 0. The van der Waals surface area contributed by atoms with E-state index in [4.69, 9.17) is 4.74 Å². The van der Waals surface area contributed by atoms with Crippen LogP contribution in [0.5, 0.6) is 0 Å². The highest BCUT2D eigenvalue weighted by Gasteiger charge is 2.14. The Kier molecular flexibility index (Phi) is 5.41. The number of nitro groups is 1. The Labute approximate surface area is 134 Å². The van der Waals surface area contributed by atoms with Gasteiger partial charge in [-0.2, -0.15) is 0 Å². The van der Waals surface area contributed by atoms with Crippen LogP contribution in [0.4, 0.5) is 5.69 Å². The molecule has 0 radical (unpaired) electrons. The van der Waals surface area contributed by atoms with Crippen molar-refractivity contribution in [3.63, 3.8) is 0 Å². The summed E-state index contributed by atoms with van der Waals surface area (Å²) in [4.78, 5) is 26.4. The van der Waals surface area contributed by atoms with Crippen LogP contribution in [0, 0.1) is 16.0 Å². The first-order valence-electron chi connectivity index (χ1n) is 7.30. The number of nitro benzene ring substituents is 1. The molecule has 1 heterocycles. The molecule has 1 aromatic heterocycles. The van der Waals surface area contributed by atoms with E-state index in [1.54, 1.807) is 30.6 Å². The average Bonchev–Trinajstić information content (AvgIpc) is 2.53. The first-order valence-corrected chi connectivity index (χ1v) is 7.30. The van der Waals surface area contributed by atoms with Gasteiger partial charge in [-0.05, 0) is 34.7 Å². The molecule has 6 nitrogen and oxygen atoms in total. The number of carbonyl (C=O) groups excluding carboxylic acids is 1. The van der Waals surface area contributed by atoms with Gasteiger partial charge in [-0.15, -0.1) is 0 Å². The van der Waals surface area contributed by atoms with Crippen LogP contribution >= 0.6 is 0 Å². The van der Waals surface area contributed by atoms with E-state index in [2.05, 4.69) is 4.98 Å². The van der Waals surface area contributed by atoms with Crippen molar-refractivity contribution in [2.24, 2.45) is 5.92 Å². The number of hydrogen-bond donors (Lipinski definition) is 0. The molecule has 0 aliphatic heterocycles. The summed E-state index contributed by atoms with van der Waals surface area (Å²) in [6.45, 7) is 4.23. The zero-order valence-corrected chi connectivity index (χ0v) is 13.1. The summed E-state index contributed by atoms with van der Waals surface area (Å²) < 4.78 is 5.13. The average molecular weight is 314 g/mol. The van der Waals surface area contributed by atoms with Crippen LogP contribution in [0.2, 0.25) is 0 Å². The minimum atomic E-state index is -0.465. The van der Waals surface area contributed by atoms with Crippen molar-refractivity contribution in [2.45, 2.75) is 20.3 Å². The number of nitrogens with zero attached hydrogens (tertiary/aromatic N) is 2. The summed E-state index contributed by atoms with van der Waals surface area (Å²) in [6.07, 6.45) is 3.24. The Hall–Kier alpha value is -2.76. The van der Waals surface area contributed by atoms with E-state index in [1.807, 2.05) is 13.8 Å². The van der Waals surface area contributed by atoms with E-state index in [9.17, 15) is 14.9 Å². The van der Waals surface area contributed by atoms with Crippen LogP contribution in [0.1, 0.15) is 19.4 Å². The molecule has 0 spiro atoms. The van der Waals surface area contributed by atoms with Crippen molar-refractivity contribution in [2.75, 3.05) is 6.61 Å². The van der Waals surface area contributed by atoms with Crippen molar-refractivity contribution < 1.29 is 14.5 Å². The number of hydrogen-bond acceptors (Lipinski definition) is 5. The third-order valence-corrected chi connectivity index (χ3v) is 3.13. The molecule has 0 fully saturated rings. The van der Waals surface area contributed by atoms with E-state index in [1.165, 1.54) is 12.1 Å². The highest BCUT2D eigenvalue weighted by Crippen LogP contribution is 2.26. The number of benzene rings is 1. The first kappa shape index (κ1) is 16.6. The molecular weight excluding hydrogens is 296 g/mol. The molecule has 0 atom stereocenters. The Balaban J connectivity index is 2.27. The minimum absolute atomic E-state index is 0.00643. The molecule has 120 valence electrons.